The number of benzene rings is 2. The van der Waals surface area contributed by atoms with Crippen molar-refractivity contribution >= 4 is 35.2 Å². The summed E-state index contributed by atoms with van der Waals surface area (Å²) in [6.07, 6.45) is -0.295. The molecule has 2 atom stereocenters. The Morgan fingerprint density at radius 1 is 1.07 bits per heavy atom. The molecule has 0 bridgehead atoms. The minimum absolute atomic E-state index is 0.187. The highest BCUT2D eigenvalue weighted by molar-refractivity contribution is 6.30. The molecule has 8 heteroatoms. The monoisotopic (exact) mass is 417 g/mol. The molecular weight excluding hydrogens is 394 g/mol. The van der Waals surface area contributed by atoms with E-state index in [-0.39, 0.29) is 6.42 Å². The van der Waals surface area contributed by atoms with Crippen LogP contribution in [0.25, 0.3) is 0 Å². The molecule has 0 spiro atoms. The predicted molar refractivity (Wildman–Crippen MR) is 112 cm³/mol. The molecule has 0 aliphatic rings. The van der Waals surface area contributed by atoms with Gasteiger partial charge in [-0.3, -0.25) is 9.59 Å². The molecule has 0 saturated heterocycles. The summed E-state index contributed by atoms with van der Waals surface area (Å²) in [4.78, 5) is 35.9. The number of nitrogens with one attached hydrogen (secondary N) is 2. The fourth-order valence-electron chi connectivity index (χ4n) is 2.65. The van der Waals surface area contributed by atoms with Gasteiger partial charge < -0.3 is 21.1 Å². The van der Waals surface area contributed by atoms with Crippen molar-refractivity contribution in [3.05, 3.63) is 64.7 Å². The maximum atomic E-state index is 12.3. The molecule has 4 N–H and O–H groups in total. The Labute approximate surface area is 174 Å². The van der Waals surface area contributed by atoms with Crippen LogP contribution in [0.3, 0.4) is 0 Å². The summed E-state index contributed by atoms with van der Waals surface area (Å²) in [5, 5.41) is 5.72. The normalized spacial score (nSPS) is 12.5. The molecule has 29 heavy (non-hydrogen) atoms. The van der Waals surface area contributed by atoms with Crippen LogP contribution in [0, 0.1) is 0 Å². The number of esters is 1. The predicted octanol–water partition coefficient (Wildman–Crippen LogP) is 3.57. The van der Waals surface area contributed by atoms with E-state index >= 15 is 0 Å². The molecule has 2 aromatic rings. The zero-order chi connectivity index (χ0) is 21.4. The lowest BCUT2D eigenvalue weighted by molar-refractivity contribution is -0.153. The SMILES string of the molecule is CCc1ccc(NC(=O)[C@@H](C)OC(=O)C[C@@H](NC(N)=O)c2ccc(Cl)cc2)cc1. The minimum Gasteiger partial charge on any atom is -0.452 e. The average molecular weight is 418 g/mol. The fraction of sp³-hybridized carbons (Fsp3) is 0.286. The molecule has 3 amide bonds. The molecule has 0 aliphatic heterocycles. The number of hydrogen-bond donors (Lipinski definition) is 3. The van der Waals surface area contributed by atoms with Crippen LogP contribution in [0.4, 0.5) is 10.5 Å². The third kappa shape index (κ3) is 7.12. The molecule has 7 nitrogen and oxygen atoms in total. The van der Waals surface area contributed by atoms with Gasteiger partial charge in [0.05, 0.1) is 12.5 Å². The number of primary amides is 1. The van der Waals surface area contributed by atoms with Crippen molar-refractivity contribution < 1.29 is 19.1 Å². The van der Waals surface area contributed by atoms with Crippen LogP contribution >= 0.6 is 11.6 Å². The van der Waals surface area contributed by atoms with Crippen molar-refractivity contribution in [3.8, 4) is 0 Å². The van der Waals surface area contributed by atoms with Gasteiger partial charge >= 0.3 is 12.0 Å². The highest BCUT2D eigenvalue weighted by Gasteiger charge is 2.23. The topological polar surface area (TPSA) is 111 Å². The highest BCUT2D eigenvalue weighted by atomic mass is 35.5. The Kier molecular flexibility index (Phi) is 8.03. The molecule has 0 aliphatic carbocycles. The van der Waals surface area contributed by atoms with Gasteiger partial charge in [-0.15, -0.1) is 0 Å². The standard InChI is InChI=1S/C21H24ClN3O4/c1-3-14-4-10-17(11-5-14)24-20(27)13(2)29-19(26)12-18(25-21(23)28)15-6-8-16(22)9-7-15/h4-11,13,18H,3,12H2,1-2H3,(H,24,27)(H3,23,25,28)/t13-,18-/m1/s1. The van der Waals surface area contributed by atoms with Crippen molar-refractivity contribution in [1.82, 2.24) is 5.32 Å². The van der Waals surface area contributed by atoms with E-state index in [1.165, 1.54) is 6.92 Å². The first-order valence-corrected chi connectivity index (χ1v) is 9.57. The molecule has 0 saturated carbocycles. The van der Waals surface area contributed by atoms with Crippen LogP contribution in [0.15, 0.2) is 48.5 Å². The van der Waals surface area contributed by atoms with Gasteiger partial charge in [-0.2, -0.15) is 0 Å². The Hall–Kier alpha value is -3.06. The third-order valence-electron chi connectivity index (χ3n) is 4.27. The van der Waals surface area contributed by atoms with Crippen LogP contribution in [-0.2, 0) is 20.7 Å². The number of hydrogen-bond acceptors (Lipinski definition) is 4. The maximum absolute atomic E-state index is 12.3. The summed E-state index contributed by atoms with van der Waals surface area (Å²) >= 11 is 5.87. The molecule has 0 aromatic heterocycles. The first-order valence-electron chi connectivity index (χ1n) is 9.19. The van der Waals surface area contributed by atoms with Gasteiger partial charge in [-0.05, 0) is 48.7 Å². The first kappa shape index (κ1) is 22.2. The number of carbonyl (C=O) groups is 3. The number of urea groups is 1. The van der Waals surface area contributed by atoms with Gasteiger partial charge in [0.25, 0.3) is 5.91 Å². The van der Waals surface area contributed by atoms with Crippen molar-refractivity contribution in [2.45, 2.75) is 38.8 Å². The second kappa shape index (κ2) is 10.5. The first-order chi connectivity index (χ1) is 13.8. The molecule has 154 valence electrons. The Balaban J connectivity index is 1.95. The van der Waals surface area contributed by atoms with Crippen molar-refractivity contribution in [1.29, 1.82) is 0 Å². The van der Waals surface area contributed by atoms with Crippen molar-refractivity contribution in [3.63, 3.8) is 0 Å². The van der Waals surface area contributed by atoms with Crippen molar-refractivity contribution in [2.24, 2.45) is 5.73 Å². The van der Waals surface area contributed by atoms with Gasteiger partial charge in [0, 0.05) is 10.7 Å². The Bertz CT molecular complexity index is 853. The lowest BCUT2D eigenvalue weighted by Crippen LogP contribution is -2.36. The minimum atomic E-state index is -1.01. The molecule has 0 heterocycles. The van der Waals surface area contributed by atoms with Gasteiger partial charge in [-0.1, -0.05) is 42.8 Å². The zero-order valence-corrected chi connectivity index (χ0v) is 17.0. The van der Waals surface area contributed by atoms with E-state index < -0.39 is 30.1 Å². The summed E-state index contributed by atoms with van der Waals surface area (Å²) < 4.78 is 5.22. The lowest BCUT2D eigenvalue weighted by Gasteiger charge is -2.19. The smallest absolute Gasteiger partial charge is 0.312 e. The lowest BCUT2D eigenvalue weighted by atomic mass is 10.0. The fourth-order valence-corrected chi connectivity index (χ4v) is 2.78. The summed E-state index contributed by atoms with van der Waals surface area (Å²) in [5.41, 5.74) is 7.60. The van der Waals surface area contributed by atoms with E-state index in [9.17, 15) is 14.4 Å². The van der Waals surface area contributed by atoms with Gasteiger partial charge in [0.15, 0.2) is 6.10 Å². The van der Waals surface area contributed by atoms with E-state index in [4.69, 9.17) is 22.1 Å². The number of anilines is 1. The van der Waals surface area contributed by atoms with Gasteiger partial charge in [0.2, 0.25) is 0 Å². The van der Waals surface area contributed by atoms with Crippen LogP contribution in [0.5, 0.6) is 0 Å². The molecular formula is C21H24ClN3O4. The van der Waals surface area contributed by atoms with Gasteiger partial charge in [-0.25, -0.2) is 4.79 Å². The summed E-state index contributed by atoms with van der Waals surface area (Å²) in [6.45, 7) is 3.52. The van der Waals surface area contributed by atoms with Crippen LogP contribution in [-0.4, -0.2) is 24.0 Å². The number of aryl methyl sites for hydroxylation is 1. The highest BCUT2D eigenvalue weighted by Crippen LogP contribution is 2.20. The average Bonchev–Trinajstić information content (AvgIpc) is 2.68. The van der Waals surface area contributed by atoms with Crippen molar-refractivity contribution in [2.75, 3.05) is 5.32 Å². The van der Waals surface area contributed by atoms with Crippen LogP contribution in [0.2, 0.25) is 5.02 Å². The summed E-state index contributed by atoms with van der Waals surface area (Å²) in [5.74, 6) is -1.10. The second-order valence-electron chi connectivity index (χ2n) is 6.49. The Morgan fingerprint density at radius 3 is 2.24 bits per heavy atom. The molecule has 2 rings (SSSR count). The molecule has 0 unspecified atom stereocenters. The number of rotatable bonds is 8. The van der Waals surface area contributed by atoms with E-state index in [1.54, 1.807) is 36.4 Å². The molecule has 2 aromatic carbocycles. The van der Waals surface area contributed by atoms with E-state index in [0.29, 0.717) is 16.3 Å². The number of nitrogens with two attached hydrogens (primary N) is 1. The quantitative estimate of drug-likeness (QED) is 0.570. The largest absolute Gasteiger partial charge is 0.452 e. The van der Waals surface area contributed by atoms with Crippen LogP contribution in [0.1, 0.15) is 37.4 Å². The maximum Gasteiger partial charge on any atom is 0.312 e. The number of carbonyl (C=O) groups excluding carboxylic acids is 3. The summed E-state index contributed by atoms with van der Waals surface area (Å²) in [7, 11) is 0. The van der Waals surface area contributed by atoms with E-state index in [2.05, 4.69) is 10.6 Å². The molecule has 0 fully saturated rings. The zero-order valence-electron chi connectivity index (χ0n) is 16.3. The summed E-state index contributed by atoms with van der Waals surface area (Å²) in [6, 6.07) is 12.6. The second-order valence-corrected chi connectivity index (χ2v) is 6.93. The van der Waals surface area contributed by atoms with Crippen LogP contribution < -0.4 is 16.4 Å². The molecule has 0 radical (unpaired) electrons. The third-order valence-corrected chi connectivity index (χ3v) is 4.52. The number of ether oxygens (including phenoxy) is 1. The van der Waals surface area contributed by atoms with E-state index in [0.717, 1.165) is 12.0 Å². The number of halogens is 1. The number of amides is 3. The van der Waals surface area contributed by atoms with Gasteiger partial charge in [0.1, 0.15) is 0 Å². The van der Waals surface area contributed by atoms with E-state index in [1.807, 2.05) is 19.1 Å². The Morgan fingerprint density at radius 2 is 1.69 bits per heavy atom.